The van der Waals surface area contributed by atoms with Crippen LogP contribution in [0.25, 0.3) is 0 Å². The van der Waals surface area contributed by atoms with Crippen molar-refractivity contribution in [3.8, 4) is 5.75 Å². The highest BCUT2D eigenvalue weighted by Gasteiger charge is 2.17. The summed E-state index contributed by atoms with van der Waals surface area (Å²) in [5.74, 6) is -0.662. The zero-order chi connectivity index (χ0) is 17.6. The van der Waals surface area contributed by atoms with Crippen LogP contribution in [-0.4, -0.2) is 26.1 Å². The van der Waals surface area contributed by atoms with Crippen molar-refractivity contribution in [1.82, 2.24) is 0 Å². The molecule has 5 heteroatoms. The average molecular weight is 342 g/mol. The number of hydrogen-bond acceptors (Lipinski definition) is 3. The van der Waals surface area contributed by atoms with E-state index in [2.05, 4.69) is 10.2 Å². The fourth-order valence-corrected chi connectivity index (χ4v) is 3.16. The van der Waals surface area contributed by atoms with Crippen LogP contribution in [0.1, 0.15) is 36.0 Å². The highest BCUT2D eigenvalue weighted by Crippen LogP contribution is 2.28. The predicted molar refractivity (Wildman–Crippen MR) is 98.0 cm³/mol. The van der Waals surface area contributed by atoms with Crippen molar-refractivity contribution in [2.75, 3.05) is 30.4 Å². The standard InChI is InChI=1S/C20H23FN2O2/c1-25-15-10-11-16(17(21)14-15)20(24)22-18-8-4-5-9-19(18)23-12-6-2-3-7-13-23/h4-5,8-11,14H,2-3,6-7,12-13H2,1H3,(H,22,24). The molecule has 3 rings (SSSR count). The molecule has 2 aromatic rings. The SMILES string of the molecule is COc1ccc(C(=O)Nc2ccccc2N2CCCCCC2)c(F)c1. The molecule has 0 radical (unpaired) electrons. The van der Waals surface area contributed by atoms with E-state index in [1.165, 1.54) is 32.1 Å². The van der Waals surface area contributed by atoms with Crippen LogP contribution in [0.15, 0.2) is 42.5 Å². The first-order chi connectivity index (χ1) is 12.2. The van der Waals surface area contributed by atoms with Crippen LogP contribution >= 0.6 is 0 Å². The summed E-state index contributed by atoms with van der Waals surface area (Å²) in [7, 11) is 1.46. The van der Waals surface area contributed by atoms with Gasteiger partial charge in [-0.15, -0.1) is 0 Å². The van der Waals surface area contributed by atoms with Crippen molar-refractivity contribution >= 4 is 17.3 Å². The summed E-state index contributed by atoms with van der Waals surface area (Å²) in [6.07, 6.45) is 4.77. The third-order valence-electron chi connectivity index (χ3n) is 4.52. The van der Waals surface area contributed by atoms with Gasteiger partial charge < -0.3 is 15.0 Å². The third-order valence-corrected chi connectivity index (χ3v) is 4.52. The fourth-order valence-electron chi connectivity index (χ4n) is 3.16. The molecule has 0 saturated carbocycles. The lowest BCUT2D eigenvalue weighted by molar-refractivity contribution is 0.102. The molecule has 1 saturated heterocycles. The summed E-state index contributed by atoms with van der Waals surface area (Å²) in [6.45, 7) is 1.95. The van der Waals surface area contributed by atoms with E-state index < -0.39 is 11.7 Å². The minimum atomic E-state index is -0.593. The molecule has 0 spiro atoms. The van der Waals surface area contributed by atoms with Gasteiger partial charge in [0.2, 0.25) is 0 Å². The molecule has 1 fully saturated rings. The molecule has 132 valence electrons. The number of nitrogens with one attached hydrogen (secondary N) is 1. The summed E-state index contributed by atoms with van der Waals surface area (Å²) >= 11 is 0. The molecule has 0 aliphatic carbocycles. The van der Waals surface area contributed by atoms with Gasteiger partial charge in [0.15, 0.2) is 0 Å². The monoisotopic (exact) mass is 342 g/mol. The maximum Gasteiger partial charge on any atom is 0.258 e. The first-order valence-electron chi connectivity index (χ1n) is 8.68. The predicted octanol–water partition coefficient (Wildman–Crippen LogP) is 4.47. The highest BCUT2D eigenvalue weighted by molar-refractivity contribution is 6.06. The second-order valence-corrected chi connectivity index (χ2v) is 6.22. The normalized spacial score (nSPS) is 14.7. The molecule has 1 amide bonds. The average Bonchev–Trinajstić information content (AvgIpc) is 2.91. The summed E-state index contributed by atoms with van der Waals surface area (Å²) in [6, 6.07) is 11.9. The number of ether oxygens (including phenoxy) is 1. The summed E-state index contributed by atoms with van der Waals surface area (Å²) in [5.41, 5.74) is 1.71. The molecule has 1 heterocycles. The second-order valence-electron chi connectivity index (χ2n) is 6.22. The number of rotatable bonds is 4. The van der Waals surface area contributed by atoms with Crippen LogP contribution in [0.2, 0.25) is 0 Å². The van der Waals surface area contributed by atoms with Crippen LogP contribution < -0.4 is 15.0 Å². The van der Waals surface area contributed by atoms with E-state index in [4.69, 9.17) is 4.74 Å². The van der Waals surface area contributed by atoms with Crippen molar-refractivity contribution in [1.29, 1.82) is 0 Å². The van der Waals surface area contributed by atoms with E-state index >= 15 is 0 Å². The van der Waals surface area contributed by atoms with Crippen molar-refractivity contribution < 1.29 is 13.9 Å². The topological polar surface area (TPSA) is 41.6 Å². The van der Waals surface area contributed by atoms with Crippen molar-refractivity contribution in [3.05, 3.63) is 53.8 Å². The minimum absolute atomic E-state index is 0.00599. The molecule has 0 unspecified atom stereocenters. The van der Waals surface area contributed by atoms with Gasteiger partial charge in [-0.2, -0.15) is 0 Å². The number of nitrogens with zero attached hydrogens (tertiary/aromatic N) is 1. The number of anilines is 2. The molecule has 0 atom stereocenters. The number of carbonyl (C=O) groups excluding carboxylic acids is 1. The number of hydrogen-bond donors (Lipinski definition) is 1. The highest BCUT2D eigenvalue weighted by atomic mass is 19.1. The van der Waals surface area contributed by atoms with Crippen LogP contribution in [0.4, 0.5) is 15.8 Å². The van der Waals surface area contributed by atoms with Crippen LogP contribution in [0.3, 0.4) is 0 Å². The van der Waals surface area contributed by atoms with Crippen molar-refractivity contribution in [3.63, 3.8) is 0 Å². The number of halogens is 1. The zero-order valence-corrected chi connectivity index (χ0v) is 14.4. The first-order valence-corrected chi connectivity index (χ1v) is 8.68. The molecule has 1 N–H and O–H groups in total. The van der Waals surface area contributed by atoms with Crippen LogP contribution in [0.5, 0.6) is 5.75 Å². The molecular formula is C20H23FN2O2. The zero-order valence-electron chi connectivity index (χ0n) is 14.4. The number of amides is 1. The molecular weight excluding hydrogens is 319 g/mol. The molecule has 4 nitrogen and oxygen atoms in total. The Morgan fingerprint density at radius 2 is 1.80 bits per heavy atom. The van der Waals surface area contributed by atoms with Crippen molar-refractivity contribution in [2.45, 2.75) is 25.7 Å². The summed E-state index contributed by atoms with van der Waals surface area (Å²) < 4.78 is 19.1. The van der Waals surface area contributed by atoms with Crippen molar-refractivity contribution in [2.24, 2.45) is 0 Å². The Balaban J connectivity index is 1.82. The molecule has 0 bridgehead atoms. The molecule has 2 aromatic carbocycles. The van der Waals surface area contributed by atoms with Gasteiger partial charge in [-0.05, 0) is 37.1 Å². The Hall–Kier alpha value is -2.56. The minimum Gasteiger partial charge on any atom is -0.497 e. The maximum absolute atomic E-state index is 14.1. The number of methoxy groups -OCH3 is 1. The Labute approximate surface area is 147 Å². The Bertz CT molecular complexity index is 740. The van der Waals surface area contributed by atoms with Gasteiger partial charge in [0.25, 0.3) is 5.91 Å². The van der Waals surface area contributed by atoms with Gasteiger partial charge in [-0.1, -0.05) is 25.0 Å². The van der Waals surface area contributed by atoms with E-state index in [-0.39, 0.29) is 5.56 Å². The summed E-state index contributed by atoms with van der Waals surface area (Å²) in [4.78, 5) is 14.8. The van der Waals surface area contributed by atoms with Gasteiger partial charge in [0, 0.05) is 19.2 Å². The molecule has 1 aliphatic rings. The van der Waals surface area contributed by atoms with E-state index in [9.17, 15) is 9.18 Å². The lowest BCUT2D eigenvalue weighted by atomic mass is 10.1. The molecule has 1 aliphatic heterocycles. The Morgan fingerprint density at radius 3 is 2.48 bits per heavy atom. The van der Waals surface area contributed by atoms with E-state index in [0.29, 0.717) is 11.4 Å². The molecule has 0 aromatic heterocycles. The van der Waals surface area contributed by atoms with Gasteiger partial charge in [0.05, 0.1) is 24.0 Å². The van der Waals surface area contributed by atoms with E-state index in [0.717, 1.165) is 31.6 Å². The summed E-state index contributed by atoms with van der Waals surface area (Å²) in [5, 5.41) is 2.86. The smallest absolute Gasteiger partial charge is 0.258 e. The largest absolute Gasteiger partial charge is 0.497 e. The van der Waals surface area contributed by atoms with Crippen LogP contribution in [-0.2, 0) is 0 Å². The van der Waals surface area contributed by atoms with E-state index in [1.54, 1.807) is 6.07 Å². The molecule has 25 heavy (non-hydrogen) atoms. The lowest BCUT2D eigenvalue weighted by Crippen LogP contribution is -2.25. The Morgan fingerprint density at radius 1 is 1.08 bits per heavy atom. The van der Waals surface area contributed by atoms with Gasteiger partial charge in [-0.3, -0.25) is 4.79 Å². The maximum atomic E-state index is 14.1. The first kappa shape index (κ1) is 17.3. The van der Waals surface area contributed by atoms with E-state index in [1.807, 2.05) is 24.3 Å². The number of carbonyl (C=O) groups is 1. The number of benzene rings is 2. The lowest BCUT2D eigenvalue weighted by Gasteiger charge is -2.25. The Kier molecular flexibility index (Phi) is 5.53. The second kappa shape index (κ2) is 8.01. The quantitative estimate of drug-likeness (QED) is 0.891. The fraction of sp³-hybridized carbons (Fsp3) is 0.350. The van der Waals surface area contributed by atoms with Crippen LogP contribution in [0, 0.1) is 5.82 Å². The third kappa shape index (κ3) is 4.10. The van der Waals surface area contributed by atoms with Gasteiger partial charge in [0.1, 0.15) is 11.6 Å². The van der Waals surface area contributed by atoms with Gasteiger partial charge >= 0.3 is 0 Å². The number of para-hydroxylation sites is 2. The van der Waals surface area contributed by atoms with Gasteiger partial charge in [-0.25, -0.2) is 4.39 Å².